The maximum absolute atomic E-state index is 12.9. The number of piperidine rings is 1. The molecule has 2 saturated heterocycles. The van der Waals surface area contributed by atoms with Crippen LogP contribution in [0.3, 0.4) is 0 Å². The lowest BCUT2D eigenvalue weighted by Crippen LogP contribution is -2.44. The Morgan fingerprint density at radius 3 is 2.48 bits per heavy atom. The van der Waals surface area contributed by atoms with Crippen molar-refractivity contribution in [1.29, 1.82) is 0 Å². The van der Waals surface area contributed by atoms with Gasteiger partial charge in [-0.25, -0.2) is 0 Å². The molecule has 2 aliphatic rings. The molecule has 3 rings (SSSR count). The van der Waals surface area contributed by atoms with Gasteiger partial charge in [0.25, 0.3) is 5.91 Å². The molecule has 2 heterocycles. The predicted molar refractivity (Wildman–Crippen MR) is 95.0 cm³/mol. The first-order chi connectivity index (χ1) is 12.1. The SMILES string of the molecule is O=C(O)CCC1CCCCN1C(=O)c1ccc(N2CCOCC2)cc1. The van der Waals surface area contributed by atoms with Crippen LogP contribution in [0.4, 0.5) is 5.69 Å². The minimum absolute atomic E-state index is 0.0172. The van der Waals surface area contributed by atoms with Gasteiger partial charge in [-0.2, -0.15) is 0 Å². The van der Waals surface area contributed by atoms with E-state index in [0.29, 0.717) is 18.5 Å². The average molecular weight is 346 g/mol. The molecule has 1 amide bonds. The summed E-state index contributed by atoms with van der Waals surface area (Å²) in [6.07, 6.45) is 3.59. The van der Waals surface area contributed by atoms with Crippen LogP contribution in [0, 0.1) is 0 Å². The smallest absolute Gasteiger partial charge is 0.303 e. The zero-order valence-electron chi connectivity index (χ0n) is 14.5. The number of rotatable bonds is 5. The summed E-state index contributed by atoms with van der Waals surface area (Å²) in [6, 6.07) is 7.80. The molecule has 1 aromatic carbocycles. The van der Waals surface area contributed by atoms with Crippen molar-refractivity contribution in [3.8, 4) is 0 Å². The summed E-state index contributed by atoms with van der Waals surface area (Å²) in [4.78, 5) is 27.9. The molecule has 6 nitrogen and oxygen atoms in total. The second-order valence-corrected chi connectivity index (χ2v) is 6.73. The van der Waals surface area contributed by atoms with E-state index in [9.17, 15) is 9.59 Å². The van der Waals surface area contributed by atoms with E-state index in [1.807, 2.05) is 29.2 Å². The number of carboxylic acids is 1. The van der Waals surface area contributed by atoms with Crippen LogP contribution < -0.4 is 4.90 Å². The molecule has 0 saturated carbocycles. The van der Waals surface area contributed by atoms with E-state index < -0.39 is 5.97 Å². The van der Waals surface area contributed by atoms with E-state index in [2.05, 4.69) is 4.90 Å². The topological polar surface area (TPSA) is 70.1 Å². The fraction of sp³-hybridized carbons (Fsp3) is 0.579. The van der Waals surface area contributed by atoms with Crippen LogP contribution in [0.1, 0.15) is 42.5 Å². The van der Waals surface area contributed by atoms with Gasteiger partial charge in [0.15, 0.2) is 0 Å². The number of hydrogen-bond donors (Lipinski definition) is 1. The van der Waals surface area contributed by atoms with Gasteiger partial charge >= 0.3 is 5.97 Å². The Hall–Kier alpha value is -2.08. The number of hydrogen-bond acceptors (Lipinski definition) is 4. The van der Waals surface area contributed by atoms with E-state index in [4.69, 9.17) is 9.84 Å². The van der Waals surface area contributed by atoms with Crippen molar-refractivity contribution in [2.75, 3.05) is 37.7 Å². The van der Waals surface area contributed by atoms with Crippen LogP contribution in [0.5, 0.6) is 0 Å². The molecular weight excluding hydrogens is 320 g/mol. The number of aliphatic carboxylic acids is 1. The molecule has 2 fully saturated rings. The van der Waals surface area contributed by atoms with Crippen molar-refractivity contribution in [2.45, 2.75) is 38.1 Å². The summed E-state index contributed by atoms with van der Waals surface area (Å²) >= 11 is 0. The van der Waals surface area contributed by atoms with Crippen molar-refractivity contribution in [2.24, 2.45) is 0 Å². The van der Waals surface area contributed by atoms with Crippen molar-refractivity contribution < 1.29 is 19.4 Å². The number of carbonyl (C=O) groups is 2. The number of benzene rings is 1. The van der Waals surface area contributed by atoms with Gasteiger partial charge in [0.05, 0.1) is 13.2 Å². The minimum atomic E-state index is -0.798. The third-order valence-corrected chi connectivity index (χ3v) is 5.07. The van der Waals surface area contributed by atoms with Gasteiger partial charge in [0.1, 0.15) is 0 Å². The van der Waals surface area contributed by atoms with E-state index in [-0.39, 0.29) is 18.4 Å². The number of nitrogens with zero attached hydrogens (tertiary/aromatic N) is 2. The Labute approximate surface area is 148 Å². The Morgan fingerprint density at radius 1 is 1.08 bits per heavy atom. The zero-order valence-corrected chi connectivity index (χ0v) is 14.5. The lowest BCUT2D eigenvalue weighted by Gasteiger charge is -2.36. The second kappa shape index (κ2) is 8.34. The number of ether oxygens (including phenoxy) is 1. The molecule has 2 aliphatic heterocycles. The Morgan fingerprint density at radius 2 is 1.80 bits per heavy atom. The number of anilines is 1. The largest absolute Gasteiger partial charge is 0.481 e. The standard InChI is InChI=1S/C19H26N2O4/c22-18(23)9-8-17-3-1-2-10-21(17)19(24)15-4-6-16(7-5-15)20-11-13-25-14-12-20/h4-7,17H,1-3,8-14H2,(H,22,23). The van der Waals surface area contributed by atoms with Crippen molar-refractivity contribution >= 4 is 17.6 Å². The Bertz CT molecular complexity index is 596. The molecule has 0 radical (unpaired) electrons. The lowest BCUT2D eigenvalue weighted by atomic mass is 9.97. The first-order valence-corrected chi connectivity index (χ1v) is 9.10. The summed E-state index contributed by atoms with van der Waals surface area (Å²) in [5, 5.41) is 8.92. The van der Waals surface area contributed by atoms with Crippen molar-refractivity contribution in [3.05, 3.63) is 29.8 Å². The number of carbonyl (C=O) groups excluding carboxylic acids is 1. The summed E-state index contributed by atoms with van der Waals surface area (Å²) in [5.41, 5.74) is 1.79. The van der Waals surface area contributed by atoms with E-state index >= 15 is 0 Å². The van der Waals surface area contributed by atoms with E-state index in [0.717, 1.165) is 51.3 Å². The molecule has 1 atom stereocenters. The van der Waals surface area contributed by atoms with Crippen LogP contribution in [0.2, 0.25) is 0 Å². The van der Waals surface area contributed by atoms with Crippen LogP contribution in [0.25, 0.3) is 0 Å². The van der Waals surface area contributed by atoms with Crippen LogP contribution in [-0.2, 0) is 9.53 Å². The van der Waals surface area contributed by atoms with Gasteiger partial charge in [-0.1, -0.05) is 0 Å². The monoisotopic (exact) mass is 346 g/mol. The van der Waals surface area contributed by atoms with Crippen LogP contribution in [-0.4, -0.2) is 60.8 Å². The van der Waals surface area contributed by atoms with Gasteiger partial charge in [-0.05, 0) is 49.9 Å². The van der Waals surface area contributed by atoms with Crippen molar-refractivity contribution in [1.82, 2.24) is 4.90 Å². The van der Waals surface area contributed by atoms with Gasteiger partial charge < -0.3 is 19.6 Å². The second-order valence-electron chi connectivity index (χ2n) is 6.73. The highest BCUT2D eigenvalue weighted by molar-refractivity contribution is 5.94. The molecule has 0 aromatic heterocycles. The molecule has 6 heteroatoms. The Kier molecular flexibility index (Phi) is 5.91. The summed E-state index contributed by atoms with van der Waals surface area (Å²) in [5.74, 6) is -0.781. The third kappa shape index (κ3) is 4.51. The minimum Gasteiger partial charge on any atom is -0.481 e. The fourth-order valence-corrected chi connectivity index (χ4v) is 3.66. The molecule has 0 bridgehead atoms. The van der Waals surface area contributed by atoms with E-state index in [1.54, 1.807) is 0 Å². The quantitative estimate of drug-likeness (QED) is 0.886. The fourth-order valence-electron chi connectivity index (χ4n) is 3.66. The maximum atomic E-state index is 12.9. The Balaban J connectivity index is 1.66. The summed E-state index contributed by atoms with van der Waals surface area (Å²) in [7, 11) is 0. The molecule has 25 heavy (non-hydrogen) atoms. The van der Waals surface area contributed by atoms with Gasteiger partial charge in [0.2, 0.25) is 0 Å². The molecule has 1 aromatic rings. The number of amides is 1. The first-order valence-electron chi connectivity index (χ1n) is 9.10. The first kappa shape index (κ1) is 17.7. The highest BCUT2D eigenvalue weighted by Crippen LogP contribution is 2.24. The van der Waals surface area contributed by atoms with Gasteiger partial charge in [0, 0.05) is 43.3 Å². The third-order valence-electron chi connectivity index (χ3n) is 5.07. The summed E-state index contributed by atoms with van der Waals surface area (Å²) < 4.78 is 5.37. The average Bonchev–Trinajstić information content (AvgIpc) is 2.67. The molecule has 136 valence electrons. The van der Waals surface area contributed by atoms with Gasteiger partial charge in [-0.3, -0.25) is 9.59 Å². The molecule has 0 aliphatic carbocycles. The predicted octanol–water partition coefficient (Wildman–Crippen LogP) is 2.38. The van der Waals surface area contributed by atoms with Crippen LogP contribution in [0.15, 0.2) is 24.3 Å². The van der Waals surface area contributed by atoms with Crippen LogP contribution >= 0.6 is 0 Å². The molecule has 0 spiro atoms. The highest BCUT2D eigenvalue weighted by atomic mass is 16.5. The molecule has 1 unspecified atom stereocenters. The number of carboxylic acid groups (broad SMARTS) is 1. The lowest BCUT2D eigenvalue weighted by molar-refractivity contribution is -0.137. The van der Waals surface area contributed by atoms with E-state index in [1.165, 1.54) is 0 Å². The molecule has 1 N–H and O–H groups in total. The maximum Gasteiger partial charge on any atom is 0.303 e. The molecular formula is C19H26N2O4. The zero-order chi connectivity index (χ0) is 17.6. The van der Waals surface area contributed by atoms with Crippen molar-refractivity contribution in [3.63, 3.8) is 0 Å². The van der Waals surface area contributed by atoms with Gasteiger partial charge in [-0.15, -0.1) is 0 Å². The normalized spacial score (nSPS) is 21.2. The number of morpholine rings is 1. The number of likely N-dealkylation sites (tertiary alicyclic amines) is 1. The summed E-state index contributed by atoms with van der Waals surface area (Å²) in [6.45, 7) is 3.93. The highest BCUT2D eigenvalue weighted by Gasteiger charge is 2.27.